The zero-order chi connectivity index (χ0) is 17.5. The SMILES string of the molecule is CCNC(=NCc1ccccc1OCC(F)(F)F)NC(C)(C)C. The lowest BCUT2D eigenvalue weighted by Gasteiger charge is -2.23. The molecule has 1 aromatic carbocycles. The van der Waals surface area contributed by atoms with Crippen LogP contribution in [-0.2, 0) is 6.54 Å². The number of alkyl halides is 3. The molecule has 1 rings (SSSR count). The largest absolute Gasteiger partial charge is 0.484 e. The zero-order valence-corrected chi connectivity index (χ0v) is 13.9. The molecular weight excluding hydrogens is 307 g/mol. The van der Waals surface area contributed by atoms with Gasteiger partial charge < -0.3 is 15.4 Å². The van der Waals surface area contributed by atoms with Crippen LogP contribution < -0.4 is 15.4 Å². The minimum absolute atomic E-state index is 0.173. The Balaban J connectivity index is 2.83. The predicted octanol–water partition coefficient (Wildman–Crippen LogP) is 3.48. The monoisotopic (exact) mass is 331 g/mol. The van der Waals surface area contributed by atoms with Crippen molar-refractivity contribution in [1.29, 1.82) is 0 Å². The van der Waals surface area contributed by atoms with Gasteiger partial charge in [0.2, 0.25) is 0 Å². The molecule has 0 aromatic heterocycles. The van der Waals surface area contributed by atoms with E-state index in [0.29, 0.717) is 18.1 Å². The number of aliphatic imine (C=N–C) groups is 1. The Hall–Kier alpha value is -1.92. The number of halogens is 3. The van der Waals surface area contributed by atoms with Crippen LogP contribution in [-0.4, -0.2) is 30.8 Å². The van der Waals surface area contributed by atoms with Crippen LogP contribution in [0, 0.1) is 0 Å². The number of benzene rings is 1. The summed E-state index contributed by atoms with van der Waals surface area (Å²) < 4.78 is 41.8. The van der Waals surface area contributed by atoms with Gasteiger partial charge in [0.1, 0.15) is 5.75 Å². The minimum Gasteiger partial charge on any atom is -0.484 e. The van der Waals surface area contributed by atoms with Crippen molar-refractivity contribution in [1.82, 2.24) is 10.6 Å². The Bertz CT molecular complexity index is 522. The molecule has 0 bridgehead atoms. The molecule has 1 aromatic rings. The molecule has 0 fully saturated rings. The number of hydrogen-bond donors (Lipinski definition) is 2. The van der Waals surface area contributed by atoms with E-state index >= 15 is 0 Å². The molecule has 2 N–H and O–H groups in total. The van der Waals surface area contributed by atoms with Gasteiger partial charge in [-0.2, -0.15) is 13.2 Å². The van der Waals surface area contributed by atoms with Crippen molar-refractivity contribution in [3.63, 3.8) is 0 Å². The first kappa shape index (κ1) is 19.1. The standard InChI is InChI=1S/C16H24F3N3O/c1-5-20-14(22-15(2,3)4)21-10-12-8-6-7-9-13(12)23-11-16(17,18)19/h6-9H,5,10-11H2,1-4H3,(H2,20,21,22). The van der Waals surface area contributed by atoms with Gasteiger partial charge in [0, 0.05) is 17.6 Å². The van der Waals surface area contributed by atoms with Gasteiger partial charge in [-0.1, -0.05) is 18.2 Å². The molecule has 0 saturated carbocycles. The molecule has 0 aliphatic rings. The minimum atomic E-state index is -4.36. The Morgan fingerprint density at radius 3 is 2.39 bits per heavy atom. The second-order valence-electron chi connectivity index (χ2n) is 6.08. The lowest BCUT2D eigenvalue weighted by molar-refractivity contribution is -0.153. The number of para-hydroxylation sites is 1. The molecular formula is C16H24F3N3O. The van der Waals surface area contributed by atoms with Gasteiger partial charge in [0.15, 0.2) is 12.6 Å². The summed E-state index contributed by atoms with van der Waals surface area (Å²) >= 11 is 0. The highest BCUT2D eigenvalue weighted by atomic mass is 19.4. The molecule has 0 atom stereocenters. The van der Waals surface area contributed by atoms with Gasteiger partial charge >= 0.3 is 6.18 Å². The van der Waals surface area contributed by atoms with Crippen molar-refractivity contribution in [2.24, 2.45) is 4.99 Å². The molecule has 0 aliphatic carbocycles. The Kier molecular flexibility index (Phi) is 6.72. The van der Waals surface area contributed by atoms with Crippen LogP contribution in [0.4, 0.5) is 13.2 Å². The Labute approximate surface area is 135 Å². The van der Waals surface area contributed by atoms with Gasteiger partial charge in [-0.25, -0.2) is 4.99 Å². The number of nitrogens with zero attached hydrogens (tertiary/aromatic N) is 1. The van der Waals surface area contributed by atoms with E-state index in [1.807, 2.05) is 27.7 Å². The van der Waals surface area contributed by atoms with E-state index in [2.05, 4.69) is 15.6 Å². The fraction of sp³-hybridized carbons (Fsp3) is 0.562. The highest BCUT2D eigenvalue weighted by Gasteiger charge is 2.28. The van der Waals surface area contributed by atoms with Crippen molar-refractivity contribution >= 4 is 5.96 Å². The average molecular weight is 331 g/mol. The topological polar surface area (TPSA) is 45.7 Å². The first-order chi connectivity index (χ1) is 10.6. The van der Waals surface area contributed by atoms with Crippen molar-refractivity contribution in [3.05, 3.63) is 29.8 Å². The first-order valence-electron chi connectivity index (χ1n) is 7.44. The van der Waals surface area contributed by atoms with Crippen LogP contribution in [0.5, 0.6) is 5.75 Å². The summed E-state index contributed by atoms with van der Waals surface area (Å²) in [6, 6.07) is 6.60. The maximum atomic E-state index is 12.3. The quantitative estimate of drug-likeness (QED) is 0.641. The van der Waals surface area contributed by atoms with E-state index in [-0.39, 0.29) is 17.8 Å². The van der Waals surface area contributed by atoms with E-state index in [1.165, 1.54) is 6.07 Å². The zero-order valence-electron chi connectivity index (χ0n) is 13.9. The maximum absolute atomic E-state index is 12.3. The number of rotatable bonds is 5. The van der Waals surface area contributed by atoms with E-state index in [4.69, 9.17) is 4.74 Å². The number of ether oxygens (including phenoxy) is 1. The molecule has 0 aliphatic heterocycles. The lowest BCUT2D eigenvalue weighted by atomic mass is 10.1. The van der Waals surface area contributed by atoms with E-state index in [9.17, 15) is 13.2 Å². The van der Waals surface area contributed by atoms with Crippen LogP contribution >= 0.6 is 0 Å². The normalized spacial score (nSPS) is 12.9. The third kappa shape index (κ3) is 8.32. The summed E-state index contributed by atoms with van der Waals surface area (Å²) in [7, 11) is 0. The molecule has 23 heavy (non-hydrogen) atoms. The summed E-state index contributed by atoms with van der Waals surface area (Å²) in [6.45, 7) is 7.54. The highest BCUT2D eigenvalue weighted by Crippen LogP contribution is 2.22. The second-order valence-corrected chi connectivity index (χ2v) is 6.08. The molecule has 0 heterocycles. The number of hydrogen-bond acceptors (Lipinski definition) is 2. The fourth-order valence-corrected chi connectivity index (χ4v) is 1.76. The van der Waals surface area contributed by atoms with Crippen LogP contribution in [0.1, 0.15) is 33.3 Å². The van der Waals surface area contributed by atoms with Gasteiger partial charge in [-0.3, -0.25) is 0 Å². The molecule has 130 valence electrons. The van der Waals surface area contributed by atoms with Gasteiger partial charge in [-0.15, -0.1) is 0 Å². The molecule has 0 unspecified atom stereocenters. The maximum Gasteiger partial charge on any atom is 0.422 e. The molecule has 0 radical (unpaired) electrons. The predicted molar refractivity (Wildman–Crippen MR) is 85.7 cm³/mol. The molecule has 0 spiro atoms. The van der Waals surface area contributed by atoms with Crippen molar-refractivity contribution < 1.29 is 17.9 Å². The molecule has 0 amide bonds. The van der Waals surface area contributed by atoms with Crippen LogP contribution in [0.15, 0.2) is 29.3 Å². The summed E-state index contributed by atoms with van der Waals surface area (Å²) in [4.78, 5) is 4.41. The summed E-state index contributed by atoms with van der Waals surface area (Å²) in [5.41, 5.74) is 0.427. The van der Waals surface area contributed by atoms with Crippen molar-refractivity contribution in [2.75, 3.05) is 13.2 Å². The lowest BCUT2D eigenvalue weighted by Crippen LogP contribution is -2.47. The molecule has 4 nitrogen and oxygen atoms in total. The highest BCUT2D eigenvalue weighted by molar-refractivity contribution is 5.80. The third-order valence-corrected chi connectivity index (χ3v) is 2.61. The fourth-order valence-electron chi connectivity index (χ4n) is 1.76. The van der Waals surface area contributed by atoms with Gasteiger partial charge in [-0.05, 0) is 33.8 Å². The average Bonchev–Trinajstić information content (AvgIpc) is 2.41. The second kappa shape index (κ2) is 8.08. The third-order valence-electron chi connectivity index (χ3n) is 2.61. The van der Waals surface area contributed by atoms with Crippen LogP contribution in [0.25, 0.3) is 0 Å². The summed E-state index contributed by atoms with van der Waals surface area (Å²) in [5, 5.41) is 6.32. The summed E-state index contributed by atoms with van der Waals surface area (Å²) in [5.74, 6) is 0.797. The Morgan fingerprint density at radius 2 is 1.83 bits per heavy atom. The van der Waals surface area contributed by atoms with Gasteiger partial charge in [0.05, 0.1) is 6.54 Å². The van der Waals surface area contributed by atoms with Crippen molar-refractivity contribution in [2.45, 2.75) is 46.0 Å². The van der Waals surface area contributed by atoms with E-state index < -0.39 is 12.8 Å². The van der Waals surface area contributed by atoms with E-state index in [1.54, 1.807) is 18.2 Å². The molecule has 0 saturated heterocycles. The first-order valence-corrected chi connectivity index (χ1v) is 7.44. The summed E-state index contributed by atoms with van der Waals surface area (Å²) in [6.07, 6.45) is -4.36. The van der Waals surface area contributed by atoms with Crippen LogP contribution in [0.3, 0.4) is 0 Å². The number of guanidine groups is 1. The Morgan fingerprint density at radius 1 is 1.17 bits per heavy atom. The van der Waals surface area contributed by atoms with Crippen LogP contribution in [0.2, 0.25) is 0 Å². The smallest absolute Gasteiger partial charge is 0.422 e. The number of nitrogens with one attached hydrogen (secondary N) is 2. The van der Waals surface area contributed by atoms with E-state index in [0.717, 1.165) is 0 Å². The van der Waals surface area contributed by atoms with Gasteiger partial charge in [0.25, 0.3) is 0 Å². The van der Waals surface area contributed by atoms with Crippen molar-refractivity contribution in [3.8, 4) is 5.75 Å². The molecule has 7 heteroatoms.